The van der Waals surface area contributed by atoms with Crippen molar-refractivity contribution in [3.63, 3.8) is 0 Å². The van der Waals surface area contributed by atoms with Gasteiger partial charge >= 0.3 is 0 Å². The first kappa shape index (κ1) is 25.9. The molecule has 3 heterocycles. The number of anilines is 2. The summed E-state index contributed by atoms with van der Waals surface area (Å²) < 4.78 is 31.9. The van der Waals surface area contributed by atoms with Gasteiger partial charge in [-0.05, 0) is 42.1 Å². The Hall–Kier alpha value is -2.40. The van der Waals surface area contributed by atoms with Gasteiger partial charge in [0.15, 0.2) is 5.82 Å². The third-order valence-corrected chi connectivity index (χ3v) is 5.60. The van der Waals surface area contributed by atoms with E-state index < -0.39 is 17.5 Å². The van der Waals surface area contributed by atoms with Crippen molar-refractivity contribution < 1.29 is 13.6 Å². The first-order chi connectivity index (χ1) is 14.4. The molecule has 2 aromatic heterocycles. The van der Waals surface area contributed by atoms with Crippen LogP contribution in [0.1, 0.15) is 23.1 Å². The Morgan fingerprint density at radius 2 is 1.94 bits per heavy atom. The topological polar surface area (TPSA) is 97.0 Å². The molecule has 7 nitrogen and oxygen atoms in total. The van der Waals surface area contributed by atoms with Gasteiger partial charge in [0.25, 0.3) is 5.91 Å². The number of benzene rings is 1. The van der Waals surface area contributed by atoms with E-state index in [9.17, 15) is 13.6 Å². The number of carbonyl (C=O) groups excluding carboxylic acids is 1. The highest BCUT2D eigenvalue weighted by Crippen LogP contribution is 2.30. The van der Waals surface area contributed by atoms with E-state index in [1.807, 2.05) is 6.07 Å². The van der Waals surface area contributed by atoms with Gasteiger partial charge in [-0.25, -0.2) is 13.8 Å². The summed E-state index contributed by atoms with van der Waals surface area (Å²) in [6.07, 6.45) is 4.15. The molecule has 0 spiro atoms. The molecule has 1 saturated heterocycles. The SMILES string of the molecule is C[C@@H]1C[C@H](N)CN(c2ccncc2NC(=O)c2nc(-c3c(F)cccc3F)ns2)C1.Cl.Cl. The molecule has 0 bridgehead atoms. The Balaban J connectivity index is 0.00000181. The number of nitrogens with zero attached hydrogens (tertiary/aromatic N) is 4. The molecule has 172 valence electrons. The summed E-state index contributed by atoms with van der Waals surface area (Å²) >= 11 is 0.771. The van der Waals surface area contributed by atoms with Crippen LogP contribution in [0.2, 0.25) is 0 Å². The lowest BCUT2D eigenvalue weighted by atomic mass is 9.96. The minimum absolute atomic E-state index is 0. The van der Waals surface area contributed by atoms with Crippen LogP contribution in [-0.2, 0) is 0 Å². The standard InChI is InChI=1S/C20H20F2N6OS.2ClH/c1-11-7-12(23)10-28(9-11)16-5-6-24-8-15(16)25-19(29)20-26-18(27-30-20)17-13(21)3-2-4-14(17)22;;/h2-6,8,11-12H,7,9-10,23H2,1H3,(H,25,29);2*1H/t11-,12+;;/m1../s1. The van der Waals surface area contributed by atoms with Gasteiger partial charge in [-0.3, -0.25) is 9.78 Å². The molecule has 0 saturated carbocycles. The number of aromatic nitrogens is 3. The van der Waals surface area contributed by atoms with Crippen LogP contribution in [0, 0.1) is 17.6 Å². The van der Waals surface area contributed by atoms with Gasteiger partial charge in [0.2, 0.25) is 5.01 Å². The normalized spacial score (nSPS) is 17.8. The maximum atomic E-state index is 14.0. The van der Waals surface area contributed by atoms with Gasteiger partial charge in [0, 0.05) is 25.3 Å². The lowest BCUT2D eigenvalue weighted by molar-refractivity contribution is 0.102. The minimum Gasteiger partial charge on any atom is -0.368 e. The summed E-state index contributed by atoms with van der Waals surface area (Å²) in [4.78, 5) is 23.0. The van der Waals surface area contributed by atoms with E-state index in [4.69, 9.17) is 5.73 Å². The summed E-state index contributed by atoms with van der Waals surface area (Å²) in [5.74, 6) is -1.84. The van der Waals surface area contributed by atoms with E-state index in [0.29, 0.717) is 18.2 Å². The number of nitrogens with two attached hydrogens (primary N) is 1. The maximum Gasteiger partial charge on any atom is 0.286 e. The molecule has 2 atom stereocenters. The molecule has 3 aromatic rings. The van der Waals surface area contributed by atoms with Crippen LogP contribution in [0.5, 0.6) is 0 Å². The van der Waals surface area contributed by atoms with Crippen molar-refractivity contribution >= 4 is 53.6 Å². The van der Waals surface area contributed by atoms with E-state index in [0.717, 1.165) is 42.3 Å². The number of amides is 1. The largest absolute Gasteiger partial charge is 0.368 e. The highest BCUT2D eigenvalue weighted by molar-refractivity contribution is 7.08. The van der Waals surface area contributed by atoms with Crippen molar-refractivity contribution in [1.82, 2.24) is 14.3 Å². The Morgan fingerprint density at radius 1 is 1.22 bits per heavy atom. The van der Waals surface area contributed by atoms with Crippen molar-refractivity contribution in [1.29, 1.82) is 0 Å². The van der Waals surface area contributed by atoms with Crippen LogP contribution in [0.15, 0.2) is 36.7 Å². The summed E-state index contributed by atoms with van der Waals surface area (Å²) in [6, 6.07) is 5.36. The molecule has 0 radical (unpaired) electrons. The smallest absolute Gasteiger partial charge is 0.286 e. The lowest BCUT2D eigenvalue weighted by Crippen LogP contribution is -2.46. The fraction of sp³-hybridized carbons (Fsp3) is 0.300. The second kappa shape index (κ2) is 11.0. The van der Waals surface area contributed by atoms with Crippen LogP contribution >= 0.6 is 36.3 Å². The van der Waals surface area contributed by atoms with Crippen LogP contribution in [-0.4, -0.2) is 39.4 Å². The molecule has 1 aromatic carbocycles. The third-order valence-electron chi connectivity index (χ3n) is 4.89. The van der Waals surface area contributed by atoms with Gasteiger partial charge < -0.3 is 16.0 Å². The Labute approximate surface area is 200 Å². The number of halogens is 4. The molecule has 0 aliphatic carbocycles. The Morgan fingerprint density at radius 3 is 2.62 bits per heavy atom. The number of piperidine rings is 1. The van der Waals surface area contributed by atoms with E-state index in [2.05, 4.69) is 31.5 Å². The molecule has 1 amide bonds. The second-order valence-electron chi connectivity index (χ2n) is 7.37. The van der Waals surface area contributed by atoms with Crippen molar-refractivity contribution in [3.8, 4) is 11.4 Å². The van der Waals surface area contributed by atoms with Crippen molar-refractivity contribution in [2.75, 3.05) is 23.3 Å². The monoisotopic (exact) mass is 502 g/mol. The van der Waals surface area contributed by atoms with Crippen LogP contribution in [0.4, 0.5) is 20.2 Å². The molecule has 1 aliphatic rings. The first-order valence-corrected chi connectivity index (χ1v) is 10.2. The number of hydrogen-bond donors (Lipinski definition) is 2. The van der Waals surface area contributed by atoms with Gasteiger partial charge in [0.05, 0.1) is 23.1 Å². The molecule has 1 aliphatic heterocycles. The van der Waals surface area contributed by atoms with Crippen molar-refractivity contribution in [3.05, 3.63) is 53.3 Å². The van der Waals surface area contributed by atoms with E-state index in [1.165, 1.54) is 6.07 Å². The van der Waals surface area contributed by atoms with Gasteiger partial charge in [-0.15, -0.1) is 24.8 Å². The zero-order chi connectivity index (χ0) is 21.3. The first-order valence-electron chi connectivity index (χ1n) is 9.46. The Bertz CT molecular complexity index is 1060. The predicted molar refractivity (Wildman–Crippen MR) is 126 cm³/mol. The minimum atomic E-state index is -0.787. The average molecular weight is 503 g/mol. The van der Waals surface area contributed by atoms with Crippen LogP contribution < -0.4 is 16.0 Å². The van der Waals surface area contributed by atoms with Crippen LogP contribution in [0.25, 0.3) is 11.4 Å². The quantitative estimate of drug-likeness (QED) is 0.556. The third kappa shape index (κ3) is 5.50. The van der Waals surface area contributed by atoms with Crippen molar-refractivity contribution in [2.24, 2.45) is 11.7 Å². The number of carbonyl (C=O) groups is 1. The molecule has 0 unspecified atom stereocenters. The fourth-order valence-corrected chi connectivity index (χ4v) is 4.23. The average Bonchev–Trinajstić information content (AvgIpc) is 3.17. The molecular formula is C20H22Cl2F2N6OS. The highest BCUT2D eigenvalue weighted by Gasteiger charge is 2.25. The van der Waals surface area contributed by atoms with E-state index >= 15 is 0 Å². The number of pyridine rings is 1. The molecular weight excluding hydrogens is 481 g/mol. The second-order valence-corrected chi connectivity index (χ2v) is 8.12. The van der Waals surface area contributed by atoms with Gasteiger partial charge in [-0.2, -0.15) is 4.37 Å². The van der Waals surface area contributed by atoms with E-state index in [-0.39, 0.29) is 47.3 Å². The lowest BCUT2D eigenvalue weighted by Gasteiger charge is -2.37. The Kier molecular flexibility index (Phi) is 8.85. The maximum absolute atomic E-state index is 14.0. The number of nitrogens with one attached hydrogen (secondary N) is 1. The van der Waals surface area contributed by atoms with Gasteiger partial charge in [-0.1, -0.05) is 13.0 Å². The van der Waals surface area contributed by atoms with E-state index in [1.54, 1.807) is 12.4 Å². The summed E-state index contributed by atoms with van der Waals surface area (Å²) in [5.41, 5.74) is 7.12. The molecule has 3 N–H and O–H groups in total. The zero-order valence-electron chi connectivity index (χ0n) is 17.0. The van der Waals surface area contributed by atoms with Crippen LogP contribution in [0.3, 0.4) is 0 Å². The number of rotatable bonds is 4. The summed E-state index contributed by atoms with van der Waals surface area (Å²) in [6.45, 7) is 3.62. The summed E-state index contributed by atoms with van der Waals surface area (Å²) in [7, 11) is 0. The molecule has 12 heteroatoms. The fourth-order valence-electron chi connectivity index (χ4n) is 3.66. The highest BCUT2D eigenvalue weighted by atomic mass is 35.5. The molecule has 4 rings (SSSR count). The predicted octanol–water partition coefficient (Wildman–Crippen LogP) is 4.15. The molecule has 1 fully saturated rings. The van der Waals surface area contributed by atoms with Gasteiger partial charge in [0.1, 0.15) is 11.6 Å². The molecule has 32 heavy (non-hydrogen) atoms. The number of hydrogen-bond acceptors (Lipinski definition) is 7. The zero-order valence-corrected chi connectivity index (χ0v) is 19.4. The van der Waals surface area contributed by atoms with Crippen molar-refractivity contribution in [2.45, 2.75) is 19.4 Å². The summed E-state index contributed by atoms with van der Waals surface area (Å²) in [5, 5.41) is 2.78.